The Morgan fingerprint density at radius 3 is 3.00 bits per heavy atom. The number of nitrogens with one attached hydrogen (secondary N) is 1. The van der Waals surface area contributed by atoms with Gasteiger partial charge in [-0.05, 0) is 44.1 Å². The minimum absolute atomic E-state index is 0.0324. The second-order valence-corrected chi connectivity index (χ2v) is 6.73. The highest BCUT2D eigenvalue weighted by Crippen LogP contribution is 2.45. The number of carbonyl (C=O) groups excluding carboxylic acids is 1. The molecule has 102 valence electrons. The molecule has 0 aromatic carbocycles. The van der Waals surface area contributed by atoms with E-state index in [4.69, 9.17) is 0 Å². The van der Waals surface area contributed by atoms with Crippen molar-refractivity contribution in [2.45, 2.75) is 45.4 Å². The van der Waals surface area contributed by atoms with Crippen molar-refractivity contribution in [2.75, 3.05) is 26.2 Å². The van der Waals surface area contributed by atoms with Crippen LogP contribution in [0.2, 0.25) is 0 Å². The predicted molar refractivity (Wildman–Crippen MR) is 72.2 cm³/mol. The first-order valence-electron chi connectivity index (χ1n) is 7.72. The van der Waals surface area contributed by atoms with Crippen molar-refractivity contribution in [1.82, 2.24) is 10.2 Å². The number of carbonyl (C=O) groups is 1. The van der Waals surface area contributed by atoms with E-state index in [9.17, 15) is 4.79 Å². The van der Waals surface area contributed by atoms with E-state index in [2.05, 4.69) is 17.1 Å². The molecule has 0 aromatic heterocycles. The zero-order valence-corrected chi connectivity index (χ0v) is 11.6. The molecule has 1 saturated carbocycles. The van der Waals surface area contributed by atoms with Gasteiger partial charge in [0.05, 0.1) is 5.41 Å². The van der Waals surface area contributed by atoms with E-state index in [1.54, 1.807) is 0 Å². The predicted octanol–water partition coefficient (Wildman–Crippen LogP) is 2.02. The lowest BCUT2D eigenvalue weighted by Crippen LogP contribution is -2.52. The third-order valence-corrected chi connectivity index (χ3v) is 5.41. The molecule has 1 aliphatic carbocycles. The normalized spacial score (nSPS) is 40.6. The molecule has 18 heavy (non-hydrogen) atoms. The second-order valence-electron chi connectivity index (χ2n) is 6.73. The van der Waals surface area contributed by atoms with Crippen LogP contribution in [-0.4, -0.2) is 37.0 Å². The lowest BCUT2D eigenvalue weighted by molar-refractivity contribution is -0.147. The fourth-order valence-electron chi connectivity index (χ4n) is 4.36. The lowest BCUT2D eigenvalue weighted by atomic mass is 9.67. The molecule has 3 rings (SSSR count). The van der Waals surface area contributed by atoms with Crippen LogP contribution in [0, 0.1) is 17.3 Å². The van der Waals surface area contributed by atoms with Gasteiger partial charge in [0.1, 0.15) is 0 Å². The van der Waals surface area contributed by atoms with Crippen LogP contribution in [-0.2, 0) is 4.79 Å². The molecule has 0 bridgehead atoms. The summed E-state index contributed by atoms with van der Waals surface area (Å²) in [6.45, 7) is 6.27. The van der Waals surface area contributed by atoms with Crippen molar-refractivity contribution in [3.63, 3.8) is 0 Å². The molecule has 0 radical (unpaired) electrons. The van der Waals surface area contributed by atoms with Gasteiger partial charge < -0.3 is 10.2 Å². The first-order chi connectivity index (χ1) is 8.72. The van der Waals surface area contributed by atoms with Gasteiger partial charge >= 0.3 is 0 Å². The Morgan fingerprint density at radius 2 is 2.17 bits per heavy atom. The first-order valence-corrected chi connectivity index (χ1v) is 7.72. The SMILES string of the molecule is CC1CCCN(C(=O)[C@@]23CCCC[C@H]2CNC3)C1. The molecular weight excluding hydrogens is 224 g/mol. The molecule has 2 saturated heterocycles. The quantitative estimate of drug-likeness (QED) is 0.772. The van der Waals surface area contributed by atoms with E-state index in [0.717, 1.165) is 32.6 Å². The Morgan fingerprint density at radius 1 is 1.28 bits per heavy atom. The average Bonchev–Trinajstić information content (AvgIpc) is 2.82. The Balaban J connectivity index is 1.77. The van der Waals surface area contributed by atoms with Gasteiger partial charge in [-0.25, -0.2) is 0 Å². The summed E-state index contributed by atoms with van der Waals surface area (Å²) >= 11 is 0. The van der Waals surface area contributed by atoms with Gasteiger partial charge in [0, 0.05) is 19.6 Å². The molecule has 1 N–H and O–H groups in total. The molecule has 0 aromatic rings. The van der Waals surface area contributed by atoms with E-state index >= 15 is 0 Å². The third-order valence-electron chi connectivity index (χ3n) is 5.41. The van der Waals surface area contributed by atoms with E-state index in [1.165, 1.54) is 32.1 Å². The third kappa shape index (κ3) is 1.97. The molecule has 2 aliphatic heterocycles. The standard InChI is InChI=1S/C15H26N2O/c1-12-5-4-8-17(10-12)14(18)15-7-3-2-6-13(15)9-16-11-15/h12-13,16H,2-11H2,1H3/t12?,13-,15+/m0/s1. The van der Waals surface area contributed by atoms with E-state index in [-0.39, 0.29) is 5.41 Å². The Labute approximate surface area is 110 Å². The summed E-state index contributed by atoms with van der Waals surface area (Å²) < 4.78 is 0. The Hall–Kier alpha value is -0.570. The summed E-state index contributed by atoms with van der Waals surface area (Å²) in [5, 5.41) is 3.49. The number of likely N-dealkylation sites (tertiary alicyclic amines) is 1. The van der Waals surface area contributed by atoms with Crippen LogP contribution in [0.4, 0.5) is 0 Å². The largest absolute Gasteiger partial charge is 0.342 e. The zero-order chi connectivity index (χ0) is 12.6. The Kier molecular flexibility index (Phi) is 3.35. The highest BCUT2D eigenvalue weighted by molar-refractivity contribution is 5.84. The van der Waals surface area contributed by atoms with Crippen molar-refractivity contribution in [3.8, 4) is 0 Å². The van der Waals surface area contributed by atoms with Crippen molar-refractivity contribution in [2.24, 2.45) is 17.3 Å². The summed E-state index contributed by atoms with van der Waals surface area (Å²) in [4.78, 5) is 15.2. The maximum atomic E-state index is 13.0. The first kappa shape index (κ1) is 12.5. The van der Waals surface area contributed by atoms with Crippen molar-refractivity contribution in [3.05, 3.63) is 0 Å². The summed E-state index contributed by atoms with van der Waals surface area (Å²) in [6.07, 6.45) is 7.42. The fraction of sp³-hybridized carbons (Fsp3) is 0.933. The van der Waals surface area contributed by atoms with Crippen LogP contribution in [0.1, 0.15) is 45.4 Å². The molecule has 3 atom stereocenters. The molecule has 0 spiro atoms. The molecule has 3 nitrogen and oxygen atoms in total. The number of fused-ring (bicyclic) bond motifs is 1. The molecule has 3 heteroatoms. The monoisotopic (exact) mass is 250 g/mol. The summed E-state index contributed by atoms with van der Waals surface area (Å²) in [6, 6.07) is 0. The van der Waals surface area contributed by atoms with Crippen LogP contribution in [0.5, 0.6) is 0 Å². The zero-order valence-electron chi connectivity index (χ0n) is 11.6. The number of nitrogens with zero attached hydrogens (tertiary/aromatic N) is 1. The number of piperidine rings is 1. The number of rotatable bonds is 1. The lowest BCUT2D eigenvalue weighted by Gasteiger charge is -2.43. The van der Waals surface area contributed by atoms with Crippen LogP contribution in [0.3, 0.4) is 0 Å². The van der Waals surface area contributed by atoms with Crippen LogP contribution in [0.15, 0.2) is 0 Å². The number of amides is 1. The van der Waals surface area contributed by atoms with Crippen LogP contribution in [0.25, 0.3) is 0 Å². The summed E-state index contributed by atoms with van der Waals surface area (Å²) in [5.74, 6) is 1.77. The summed E-state index contributed by atoms with van der Waals surface area (Å²) in [5.41, 5.74) is -0.0324. The molecule has 3 aliphatic rings. The number of hydrogen-bond donors (Lipinski definition) is 1. The van der Waals surface area contributed by atoms with Crippen molar-refractivity contribution in [1.29, 1.82) is 0 Å². The number of hydrogen-bond acceptors (Lipinski definition) is 2. The maximum absolute atomic E-state index is 13.0. The van der Waals surface area contributed by atoms with E-state index < -0.39 is 0 Å². The summed E-state index contributed by atoms with van der Waals surface area (Å²) in [7, 11) is 0. The molecule has 1 unspecified atom stereocenters. The molecule has 1 amide bonds. The van der Waals surface area contributed by atoms with Crippen LogP contribution >= 0.6 is 0 Å². The molecule has 2 heterocycles. The van der Waals surface area contributed by atoms with Gasteiger partial charge in [-0.3, -0.25) is 4.79 Å². The van der Waals surface area contributed by atoms with E-state index in [0.29, 0.717) is 17.7 Å². The Bertz CT molecular complexity index is 330. The van der Waals surface area contributed by atoms with E-state index in [1.807, 2.05) is 0 Å². The van der Waals surface area contributed by atoms with Gasteiger partial charge in [0.25, 0.3) is 0 Å². The molecule has 3 fully saturated rings. The maximum Gasteiger partial charge on any atom is 0.230 e. The highest BCUT2D eigenvalue weighted by Gasteiger charge is 2.51. The topological polar surface area (TPSA) is 32.3 Å². The highest BCUT2D eigenvalue weighted by atomic mass is 16.2. The average molecular weight is 250 g/mol. The minimum Gasteiger partial charge on any atom is -0.342 e. The van der Waals surface area contributed by atoms with Gasteiger partial charge in [0.2, 0.25) is 5.91 Å². The fourth-order valence-corrected chi connectivity index (χ4v) is 4.36. The minimum atomic E-state index is -0.0324. The van der Waals surface area contributed by atoms with Crippen molar-refractivity contribution < 1.29 is 4.79 Å². The smallest absolute Gasteiger partial charge is 0.230 e. The van der Waals surface area contributed by atoms with Gasteiger partial charge in [-0.15, -0.1) is 0 Å². The van der Waals surface area contributed by atoms with Crippen molar-refractivity contribution >= 4 is 5.91 Å². The molecular formula is C15H26N2O. The second kappa shape index (κ2) is 4.84. The van der Waals surface area contributed by atoms with Gasteiger partial charge in [-0.1, -0.05) is 19.8 Å². The van der Waals surface area contributed by atoms with Gasteiger partial charge in [0.15, 0.2) is 0 Å². The van der Waals surface area contributed by atoms with Crippen LogP contribution < -0.4 is 5.32 Å². The van der Waals surface area contributed by atoms with Gasteiger partial charge in [-0.2, -0.15) is 0 Å².